The number of hydrogen-bond acceptors (Lipinski definition) is 3. The zero-order chi connectivity index (χ0) is 15.1. The van der Waals surface area contributed by atoms with Crippen LogP contribution in [-0.4, -0.2) is 49.1 Å². The van der Waals surface area contributed by atoms with Crippen LogP contribution in [0.25, 0.3) is 0 Å². The fraction of sp³-hybridized carbons (Fsp3) is 0.733. The van der Waals surface area contributed by atoms with E-state index >= 15 is 0 Å². The molecule has 0 aromatic carbocycles. The fourth-order valence-corrected chi connectivity index (χ4v) is 2.54. The van der Waals surface area contributed by atoms with Crippen molar-refractivity contribution in [3.63, 3.8) is 0 Å². The lowest BCUT2D eigenvalue weighted by Crippen LogP contribution is -2.40. The summed E-state index contributed by atoms with van der Waals surface area (Å²) in [4.78, 5) is 4.25. The molecule has 126 valence electrons. The third-order valence-corrected chi connectivity index (χ3v) is 3.75. The maximum Gasteiger partial charge on any atom is 0.190 e. The Bertz CT molecular complexity index is 468. The molecule has 0 saturated carbocycles. The third kappa shape index (κ3) is 6.12. The van der Waals surface area contributed by atoms with Crippen LogP contribution < -0.4 is 10.6 Å². The average molecular weight is 421 g/mol. The second kappa shape index (κ2) is 10.0. The van der Waals surface area contributed by atoms with Gasteiger partial charge >= 0.3 is 0 Å². The van der Waals surface area contributed by atoms with Crippen molar-refractivity contribution in [3.8, 4) is 0 Å². The first-order valence-corrected chi connectivity index (χ1v) is 7.72. The molecule has 1 aromatic rings. The van der Waals surface area contributed by atoms with E-state index in [1.165, 1.54) is 5.69 Å². The minimum atomic E-state index is 0. The summed E-state index contributed by atoms with van der Waals surface area (Å²) in [5.74, 6) is 1.48. The molecular formula is C15H28IN5O. The standard InChI is InChI=1S/C15H27N5O.HI/c1-12-9-13(2)20(19-12)7-4-6-17-15(16-3)18-10-14-5-8-21-11-14;/h9,14H,4-8,10-11H2,1-3H3,(H2,16,17,18);1H. The van der Waals surface area contributed by atoms with Crippen LogP contribution in [0, 0.1) is 19.8 Å². The SMILES string of the molecule is CN=C(NCCCn1nc(C)cc1C)NCC1CCOC1.I. The van der Waals surface area contributed by atoms with Crippen LogP contribution in [0.5, 0.6) is 0 Å². The number of guanidine groups is 1. The Balaban J connectivity index is 0.00000242. The van der Waals surface area contributed by atoms with Gasteiger partial charge in [-0.2, -0.15) is 5.10 Å². The summed E-state index contributed by atoms with van der Waals surface area (Å²) in [6.45, 7) is 8.62. The quantitative estimate of drug-likeness (QED) is 0.318. The van der Waals surface area contributed by atoms with Gasteiger partial charge in [-0.1, -0.05) is 0 Å². The van der Waals surface area contributed by atoms with Crippen LogP contribution in [0.4, 0.5) is 0 Å². The van der Waals surface area contributed by atoms with E-state index in [0.717, 1.165) is 57.3 Å². The highest BCUT2D eigenvalue weighted by Crippen LogP contribution is 2.10. The number of nitrogens with one attached hydrogen (secondary N) is 2. The molecule has 1 aliphatic rings. The number of ether oxygens (including phenoxy) is 1. The van der Waals surface area contributed by atoms with Crippen LogP contribution in [0.15, 0.2) is 11.1 Å². The van der Waals surface area contributed by atoms with Gasteiger partial charge < -0.3 is 15.4 Å². The lowest BCUT2D eigenvalue weighted by atomic mass is 10.1. The molecule has 6 nitrogen and oxygen atoms in total. The van der Waals surface area contributed by atoms with E-state index in [-0.39, 0.29) is 24.0 Å². The van der Waals surface area contributed by atoms with Crippen molar-refractivity contribution < 1.29 is 4.74 Å². The number of aryl methyl sites for hydroxylation is 3. The number of hydrogen-bond donors (Lipinski definition) is 2. The van der Waals surface area contributed by atoms with Gasteiger partial charge in [-0.25, -0.2) is 0 Å². The predicted molar refractivity (Wildman–Crippen MR) is 100 cm³/mol. The molecule has 0 amide bonds. The van der Waals surface area contributed by atoms with Crippen molar-refractivity contribution in [1.82, 2.24) is 20.4 Å². The van der Waals surface area contributed by atoms with Gasteiger partial charge in [0.1, 0.15) is 0 Å². The smallest absolute Gasteiger partial charge is 0.190 e. The number of aromatic nitrogens is 2. The Morgan fingerprint density at radius 1 is 1.45 bits per heavy atom. The molecule has 1 saturated heterocycles. The maximum atomic E-state index is 5.37. The largest absolute Gasteiger partial charge is 0.381 e. The Labute approximate surface area is 150 Å². The summed E-state index contributed by atoms with van der Waals surface area (Å²) in [5, 5.41) is 11.2. The van der Waals surface area contributed by atoms with Crippen LogP contribution >= 0.6 is 24.0 Å². The van der Waals surface area contributed by atoms with Gasteiger partial charge in [0.25, 0.3) is 0 Å². The van der Waals surface area contributed by atoms with E-state index < -0.39 is 0 Å². The molecule has 2 rings (SSSR count). The molecule has 0 radical (unpaired) electrons. The molecule has 22 heavy (non-hydrogen) atoms. The van der Waals surface area contributed by atoms with Gasteiger partial charge in [0.15, 0.2) is 5.96 Å². The van der Waals surface area contributed by atoms with Crippen LogP contribution in [0.3, 0.4) is 0 Å². The molecule has 2 N–H and O–H groups in total. The minimum Gasteiger partial charge on any atom is -0.381 e. The molecule has 0 aliphatic carbocycles. The predicted octanol–water partition coefficient (Wildman–Crippen LogP) is 1.71. The van der Waals surface area contributed by atoms with Gasteiger partial charge in [0.05, 0.1) is 12.3 Å². The number of rotatable bonds is 6. The summed E-state index contributed by atoms with van der Waals surface area (Å²) in [5.41, 5.74) is 2.30. The molecule has 0 spiro atoms. The topological polar surface area (TPSA) is 63.5 Å². The lowest BCUT2D eigenvalue weighted by Gasteiger charge is -2.14. The first-order valence-electron chi connectivity index (χ1n) is 7.72. The van der Waals surface area contributed by atoms with Crippen molar-refractivity contribution in [2.45, 2.75) is 33.2 Å². The van der Waals surface area contributed by atoms with E-state index in [2.05, 4.69) is 38.4 Å². The molecule has 1 atom stereocenters. The van der Waals surface area contributed by atoms with Gasteiger partial charge in [0.2, 0.25) is 0 Å². The highest BCUT2D eigenvalue weighted by Gasteiger charge is 2.15. The molecule has 1 unspecified atom stereocenters. The van der Waals surface area contributed by atoms with Crippen molar-refractivity contribution >= 4 is 29.9 Å². The van der Waals surface area contributed by atoms with Gasteiger partial charge in [-0.05, 0) is 32.8 Å². The summed E-state index contributed by atoms with van der Waals surface area (Å²) >= 11 is 0. The fourth-order valence-electron chi connectivity index (χ4n) is 2.54. The molecular weight excluding hydrogens is 393 g/mol. The zero-order valence-corrected chi connectivity index (χ0v) is 16.1. The van der Waals surface area contributed by atoms with Crippen molar-refractivity contribution in [1.29, 1.82) is 0 Å². The van der Waals surface area contributed by atoms with Crippen molar-refractivity contribution in [2.75, 3.05) is 33.4 Å². The monoisotopic (exact) mass is 421 g/mol. The van der Waals surface area contributed by atoms with Crippen molar-refractivity contribution in [3.05, 3.63) is 17.5 Å². The van der Waals surface area contributed by atoms with E-state index in [4.69, 9.17) is 4.74 Å². The first kappa shape index (κ1) is 19.2. The summed E-state index contributed by atoms with van der Waals surface area (Å²) < 4.78 is 7.43. The summed E-state index contributed by atoms with van der Waals surface area (Å²) in [7, 11) is 1.81. The van der Waals surface area contributed by atoms with Crippen molar-refractivity contribution in [2.24, 2.45) is 10.9 Å². The lowest BCUT2D eigenvalue weighted by molar-refractivity contribution is 0.186. The number of nitrogens with zero attached hydrogens (tertiary/aromatic N) is 3. The molecule has 7 heteroatoms. The van der Waals surface area contributed by atoms with Crippen LogP contribution in [0.2, 0.25) is 0 Å². The Hall–Kier alpha value is -0.830. The van der Waals surface area contributed by atoms with Gasteiger partial charge in [0, 0.05) is 44.9 Å². The highest BCUT2D eigenvalue weighted by molar-refractivity contribution is 14.0. The molecule has 1 aliphatic heterocycles. The zero-order valence-electron chi connectivity index (χ0n) is 13.8. The molecule has 1 fully saturated rings. The van der Waals surface area contributed by atoms with E-state index in [1.807, 2.05) is 14.0 Å². The van der Waals surface area contributed by atoms with Crippen LogP contribution in [-0.2, 0) is 11.3 Å². The Kier molecular flexibility index (Phi) is 8.77. The normalized spacial score (nSPS) is 18.1. The van der Waals surface area contributed by atoms with E-state index in [9.17, 15) is 0 Å². The highest BCUT2D eigenvalue weighted by atomic mass is 127. The Morgan fingerprint density at radius 2 is 2.27 bits per heavy atom. The summed E-state index contributed by atoms with van der Waals surface area (Å²) in [6.07, 6.45) is 2.16. The van der Waals surface area contributed by atoms with Gasteiger partial charge in [-0.3, -0.25) is 9.67 Å². The Morgan fingerprint density at radius 3 is 2.86 bits per heavy atom. The minimum absolute atomic E-state index is 0. The number of halogens is 1. The van der Waals surface area contributed by atoms with E-state index in [1.54, 1.807) is 0 Å². The third-order valence-electron chi connectivity index (χ3n) is 3.75. The van der Waals surface area contributed by atoms with Gasteiger partial charge in [-0.15, -0.1) is 24.0 Å². The van der Waals surface area contributed by atoms with Crippen LogP contribution in [0.1, 0.15) is 24.2 Å². The second-order valence-electron chi connectivity index (χ2n) is 5.61. The first-order chi connectivity index (χ1) is 10.2. The van der Waals surface area contributed by atoms with E-state index in [0.29, 0.717) is 5.92 Å². The maximum absolute atomic E-state index is 5.37. The second-order valence-corrected chi connectivity index (χ2v) is 5.61. The molecule has 2 heterocycles. The average Bonchev–Trinajstić information content (AvgIpc) is 3.08. The number of aliphatic imine (C=N–C) groups is 1. The molecule has 1 aromatic heterocycles. The summed E-state index contributed by atoms with van der Waals surface area (Å²) in [6, 6.07) is 2.11. The molecule has 0 bridgehead atoms.